The minimum atomic E-state index is -0.944. The van der Waals surface area contributed by atoms with Gasteiger partial charge < -0.3 is 20.1 Å². The van der Waals surface area contributed by atoms with E-state index in [4.69, 9.17) is 4.74 Å². The number of para-hydroxylation sites is 1. The van der Waals surface area contributed by atoms with Crippen LogP contribution in [0.3, 0.4) is 0 Å². The quantitative estimate of drug-likeness (QED) is 0.512. The van der Waals surface area contributed by atoms with Crippen molar-refractivity contribution in [2.45, 2.75) is 25.2 Å². The molecular weight excluding hydrogens is 370 g/mol. The van der Waals surface area contributed by atoms with Crippen LogP contribution >= 0.6 is 0 Å². The van der Waals surface area contributed by atoms with E-state index in [1.807, 2.05) is 60.8 Å². The zero-order valence-electron chi connectivity index (χ0n) is 15.9. The lowest BCUT2D eigenvalue weighted by Crippen LogP contribution is -2.39. The fourth-order valence-electron chi connectivity index (χ4n) is 3.56. The molecule has 3 aromatic rings. The second-order valence-electron chi connectivity index (χ2n) is 7.17. The second kappa shape index (κ2) is 8.46. The lowest BCUT2D eigenvalue weighted by Gasteiger charge is -2.18. The van der Waals surface area contributed by atoms with E-state index in [-0.39, 0.29) is 19.1 Å². The maximum absolute atomic E-state index is 12.7. The van der Waals surface area contributed by atoms with Crippen LogP contribution < -0.4 is 5.32 Å². The number of ether oxygens (including phenoxy) is 1. The van der Waals surface area contributed by atoms with Crippen LogP contribution in [-0.4, -0.2) is 52.2 Å². The Kier molecular flexibility index (Phi) is 5.59. The van der Waals surface area contributed by atoms with Crippen LogP contribution in [0.1, 0.15) is 11.1 Å². The minimum Gasteiger partial charge on any atom is -0.389 e. The number of nitrogens with zero attached hydrogens (tertiary/aromatic N) is 1. The number of carbonyl (C=O) groups excluding carboxylic acids is 2. The summed E-state index contributed by atoms with van der Waals surface area (Å²) in [5.74, 6) is -0.331. The Hall–Kier alpha value is -3.16. The Morgan fingerprint density at radius 2 is 1.83 bits per heavy atom. The van der Waals surface area contributed by atoms with Crippen molar-refractivity contribution in [1.29, 1.82) is 0 Å². The summed E-state index contributed by atoms with van der Waals surface area (Å²) in [4.78, 5) is 29.2. The number of H-pyrrole nitrogens is 1. The van der Waals surface area contributed by atoms with Gasteiger partial charge in [-0.2, -0.15) is 0 Å². The van der Waals surface area contributed by atoms with Gasteiger partial charge in [0.05, 0.1) is 25.9 Å². The Balaban J connectivity index is 1.32. The molecule has 2 aromatic carbocycles. The van der Waals surface area contributed by atoms with Gasteiger partial charge in [-0.15, -0.1) is 0 Å². The zero-order chi connectivity index (χ0) is 20.2. The van der Waals surface area contributed by atoms with Crippen LogP contribution in [0.2, 0.25) is 0 Å². The smallest absolute Gasteiger partial charge is 0.324 e. The highest BCUT2D eigenvalue weighted by atomic mass is 16.5. The predicted molar refractivity (Wildman–Crippen MR) is 108 cm³/mol. The number of amides is 3. The Morgan fingerprint density at radius 3 is 2.66 bits per heavy atom. The number of aromatic amines is 1. The Bertz CT molecular complexity index is 1000. The lowest BCUT2D eigenvalue weighted by molar-refractivity contribution is -0.128. The van der Waals surface area contributed by atoms with Gasteiger partial charge in [0.2, 0.25) is 0 Å². The average Bonchev–Trinajstić information content (AvgIpc) is 3.25. The second-order valence-corrected chi connectivity index (χ2v) is 7.17. The van der Waals surface area contributed by atoms with Gasteiger partial charge in [-0.3, -0.25) is 9.69 Å². The van der Waals surface area contributed by atoms with Crippen LogP contribution in [0.25, 0.3) is 10.9 Å². The van der Waals surface area contributed by atoms with Crippen molar-refractivity contribution in [3.8, 4) is 0 Å². The van der Waals surface area contributed by atoms with E-state index in [0.717, 1.165) is 26.9 Å². The largest absolute Gasteiger partial charge is 0.389 e. The third kappa shape index (κ3) is 4.31. The number of aliphatic hydroxyl groups excluding tert-OH is 1. The van der Waals surface area contributed by atoms with Crippen molar-refractivity contribution in [2.75, 3.05) is 13.2 Å². The molecule has 1 aromatic heterocycles. The van der Waals surface area contributed by atoms with Gasteiger partial charge >= 0.3 is 6.03 Å². The van der Waals surface area contributed by atoms with Crippen LogP contribution in [0.15, 0.2) is 60.8 Å². The number of nitrogens with one attached hydrogen (secondary N) is 2. The maximum Gasteiger partial charge on any atom is 0.324 e. The number of aromatic nitrogens is 1. The van der Waals surface area contributed by atoms with Gasteiger partial charge in [-0.05, 0) is 17.2 Å². The molecule has 29 heavy (non-hydrogen) atoms. The van der Waals surface area contributed by atoms with Gasteiger partial charge in [-0.25, -0.2) is 4.79 Å². The summed E-state index contributed by atoms with van der Waals surface area (Å²) in [5, 5.41) is 13.9. The molecule has 0 bridgehead atoms. The molecule has 0 spiro atoms. The summed E-state index contributed by atoms with van der Waals surface area (Å²) in [6, 6.07) is 16.3. The molecular formula is C22H23N3O4. The SMILES string of the molecule is O=C1N[C@H](Cc2c[nH]c3ccccc23)C(=O)N1C[C@H](O)COCc1ccccc1. The van der Waals surface area contributed by atoms with Crippen molar-refractivity contribution < 1.29 is 19.4 Å². The highest BCUT2D eigenvalue weighted by molar-refractivity contribution is 6.04. The lowest BCUT2D eigenvalue weighted by atomic mass is 10.1. The first-order valence-electron chi connectivity index (χ1n) is 9.58. The minimum absolute atomic E-state index is 0.0407. The number of fused-ring (bicyclic) bond motifs is 1. The molecule has 0 saturated carbocycles. The summed E-state index contributed by atoms with van der Waals surface area (Å²) in [6.45, 7) is 0.310. The molecule has 0 radical (unpaired) electrons. The molecule has 0 aliphatic carbocycles. The molecule has 0 unspecified atom stereocenters. The fraction of sp³-hybridized carbons (Fsp3) is 0.273. The van der Waals surface area contributed by atoms with Crippen molar-refractivity contribution in [2.24, 2.45) is 0 Å². The number of hydrogen-bond acceptors (Lipinski definition) is 4. The molecule has 1 fully saturated rings. The first kappa shape index (κ1) is 19.2. The summed E-state index contributed by atoms with van der Waals surface area (Å²) in [7, 11) is 0. The Morgan fingerprint density at radius 1 is 1.07 bits per heavy atom. The molecule has 4 rings (SSSR count). The molecule has 2 heterocycles. The summed E-state index contributed by atoms with van der Waals surface area (Å²) < 4.78 is 5.50. The highest BCUT2D eigenvalue weighted by Crippen LogP contribution is 2.21. The molecule has 3 amide bonds. The van der Waals surface area contributed by atoms with Crippen molar-refractivity contribution in [1.82, 2.24) is 15.2 Å². The molecule has 2 atom stereocenters. The molecule has 1 aliphatic rings. The van der Waals surface area contributed by atoms with E-state index in [1.54, 1.807) is 0 Å². The van der Waals surface area contributed by atoms with Crippen molar-refractivity contribution in [3.63, 3.8) is 0 Å². The van der Waals surface area contributed by atoms with Crippen LogP contribution in [0.4, 0.5) is 4.79 Å². The van der Waals surface area contributed by atoms with E-state index < -0.39 is 18.2 Å². The predicted octanol–water partition coefficient (Wildman–Crippen LogP) is 2.21. The zero-order valence-corrected chi connectivity index (χ0v) is 15.9. The third-order valence-corrected chi connectivity index (χ3v) is 5.02. The number of carbonyl (C=O) groups is 2. The molecule has 1 saturated heterocycles. The molecule has 1 aliphatic heterocycles. The standard InChI is InChI=1S/C22H23N3O4/c26-17(14-29-13-15-6-2-1-3-7-15)12-25-21(27)20(24-22(25)28)10-16-11-23-19-9-5-4-8-18(16)19/h1-9,11,17,20,23,26H,10,12-14H2,(H,24,28)/t17-,20+/m0/s1. The number of rotatable bonds is 8. The van der Waals surface area contributed by atoms with Gasteiger partial charge in [0.15, 0.2) is 0 Å². The highest BCUT2D eigenvalue weighted by Gasteiger charge is 2.39. The first-order chi connectivity index (χ1) is 14.1. The van der Waals surface area contributed by atoms with E-state index in [2.05, 4.69) is 10.3 Å². The number of β-amino-alcohol motifs (C(OH)–C–C–N with tert-alkyl or cyclic N) is 1. The third-order valence-electron chi connectivity index (χ3n) is 5.02. The maximum atomic E-state index is 12.7. The topological polar surface area (TPSA) is 94.7 Å². The molecule has 7 nitrogen and oxygen atoms in total. The number of urea groups is 1. The van der Waals surface area contributed by atoms with Gasteiger partial charge in [0.1, 0.15) is 6.04 Å². The van der Waals surface area contributed by atoms with Crippen molar-refractivity contribution in [3.05, 3.63) is 71.9 Å². The molecule has 7 heteroatoms. The summed E-state index contributed by atoms with van der Waals surface area (Å²) in [5.41, 5.74) is 2.95. The van der Waals surface area contributed by atoms with E-state index in [0.29, 0.717) is 13.0 Å². The van der Waals surface area contributed by atoms with E-state index in [1.165, 1.54) is 0 Å². The normalized spacial score (nSPS) is 17.7. The summed E-state index contributed by atoms with van der Waals surface area (Å²) in [6.07, 6.45) is 1.31. The monoisotopic (exact) mass is 393 g/mol. The Labute approximate surface area is 168 Å². The summed E-state index contributed by atoms with van der Waals surface area (Å²) >= 11 is 0. The first-order valence-corrected chi connectivity index (χ1v) is 9.58. The van der Waals surface area contributed by atoms with Crippen LogP contribution in [0, 0.1) is 0 Å². The van der Waals surface area contributed by atoms with E-state index in [9.17, 15) is 14.7 Å². The van der Waals surface area contributed by atoms with Gasteiger partial charge in [0, 0.05) is 23.5 Å². The number of hydrogen-bond donors (Lipinski definition) is 3. The van der Waals surface area contributed by atoms with Crippen LogP contribution in [-0.2, 0) is 22.6 Å². The van der Waals surface area contributed by atoms with Crippen molar-refractivity contribution >= 4 is 22.8 Å². The molecule has 3 N–H and O–H groups in total. The van der Waals surface area contributed by atoms with E-state index >= 15 is 0 Å². The fourth-order valence-corrected chi connectivity index (χ4v) is 3.56. The number of benzene rings is 2. The number of aliphatic hydroxyl groups is 1. The average molecular weight is 393 g/mol. The molecule has 150 valence electrons. The van der Waals surface area contributed by atoms with Gasteiger partial charge in [-0.1, -0.05) is 48.5 Å². The van der Waals surface area contributed by atoms with Gasteiger partial charge in [0.25, 0.3) is 5.91 Å². The van der Waals surface area contributed by atoms with Crippen LogP contribution in [0.5, 0.6) is 0 Å². The number of imide groups is 1.